The zero-order valence-electron chi connectivity index (χ0n) is 13.4. The smallest absolute Gasteiger partial charge is 0.321 e. The average molecular weight is 245 g/mol. The van der Waals surface area contributed by atoms with Gasteiger partial charge in [0.1, 0.15) is 0 Å². The van der Waals surface area contributed by atoms with Crippen molar-refractivity contribution in [3.8, 4) is 23.5 Å². The fraction of sp³-hybridized carbons (Fsp3) is 0.750. The van der Waals surface area contributed by atoms with Crippen molar-refractivity contribution in [2.45, 2.75) is 55.4 Å². The third-order valence-corrected chi connectivity index (χ3v) is 2.35. The first-order chi connectivity index (χ1) is 8.09. The van der Waals surface area contributed by atoms with Crippen LogP contribution in [0, 0.1) is 34.3 Å². The first-order valence-corrected chi connectivity index (χ1v) is 6.88. The summed E-state index contributed by atoms with van der Waals surface area (Å²) in [5, 5.41) is 0. The third-order valence-electron chi connectivity index (χ3n) is 2.35. The van der Waals surface area contributed by atoms with Crippen molar-refractivity contribution in [3.05, 3.63) is 0 Å². The summed E-state index contributed by atoms with van der Waals surface area (Å²) in [7, 11) is 0. The summed E-state index contributed by atoms with van der Waals surface area (Å²) in [5.74, 6) is 13.3. The summed E-state index contributed by atoms with van der Waals surface area (Å²) >= 11 is 0. The largest absolute Gasteiger partial charge is 0.397 e. The molecule has 0 saturated carbocycles. The van der Waals surface area contributed by atoms with E-state index in [4.69, 9.17) is 0 Å². The lowest BCUT2D eigenvalue weighted by Crippen LogP contribution is -2.38. The van der Waals surface area contributed by atoms with Crippen molar-refractivity contribution < 1.29 is 0 Å². The molecule has 0 N–H and O–H groups in total. The molecule has 2 heteroatoms. The Morgan fingerprint density at radius 1 is 0.778 bits per heavy atom. The average Bonchev–Trinajstić information content (AvgIpc) is 2.19. The fourth-order valence-corrected chi connectivity index (χ4v) is 1.38. The van der Waals surface area contributed by atoms with E-state index < -0.39 is 0 Å². The van der Waals surface area contributed by atoms with Gasteiger partial charge in [-0.1, -0.05) is 13.8 Å². The Morgan fingerprint density at radius 3 is 1.33 bits per heavy atom. The van der Waals surface area contributed by atoms with Crippen molar-refractivity contribution >= 4 is 6.85 Å². The van der Waals surface area contributed by atoms with E-state index >= 15 is 0 Å². The van der Waals surface area contributed by atoms with E-state index in [0.717, 1.165) is 13.1 Å². The first-order valence-electron chi connectivity index (χ1n) is 6.88. The van der Waals surface area contributed by atoms with Gasteiger partial charge >= 0.3 is 6.85 Å². The van der Waals surface area contributed by atoms with Crippen LogP contribution < -0.4 is 0 Å². The number of hydrogen-bond donors (Lipinski definition) is 0. The Hall–Kier alpha value is -0.855. The minimum atomic E-state index is 0.0365. The molecule has 0 aromatic heterocycles. The molecule has 0 heterocycles. The summed E-state index contributed by atoms with van der Waals surface area (Å²) in [6.45, 7) is 19.2. The van der Waals surface area contributed by atoms with Crippen LogP contribution in [-0.2, 0) is 0 Å². The fourth-order valence-electron chi connectivity index (χ4n) is 1.38. The van der Waals surface area contributed by atoms with Crippen LogP contribution in [0.25, 0.3) is 0 Å². The molecular formula is C16H28BN. The van der Waals surface area contributed by atoms with E-state index in [0.29, 0.717) is 0 Å². The standard InChI is InChI=1S/C16H28BN/c1-9-18(10-2)17(13-11-15(3,4)5)14-12-16(6,7)8/h9-10H2,1-8H3. The highest BCUT2D eigenvalue weighted by molar-refractivity contribution is 6.72. The molecule has 18 heavy (non-hydrogen) atoms. The zero-order chi connectivity index (χ0) is 14.4. The maximum Gasteiger partial charge on any atom is 0.397 e. The highest BCUT2D eigenvalue weighted by Gasteiger charge is 2.18. The maximum absolute atomic E-state index is 3.34. The Labute approximate surface area is 115 Å². The predicted molar refractivity (Wildman–Crippen MR) is 83.1 cm³/mol. The minimum absolute atomic E-state index is 0.0365. The zero-order valence-corrected chi connectivity index (χ0v) is 13.4. The van der Waals surface area contributed by atoms with Gasteiger partial charge in [-0.25, -0.2) is 0 Å². The first kappa shape index (κ1) is 17.1. The van der Waals surface area contributed by atoms with E-state index in [1.807, 2.05) is 0 Å². The van der Waals surface area contributed by atoms with E-state index in [1.54, 1.807) is 0 Å². The number of hydrogen-bond acceptors (Lipinski definition) is 1. The van der Waals surface area contributed by atoms with Crippen LogP contribution >= 0.6 is 0 Å². The normalized spacial score (nSPS) is 11.4. The van der Waals surface area contributed by atoms with E-state index in [2.05, 4.69) is 83.7 Å². The molecule has 0 aliphatic carbocycles. The van der Waals surface area contributed by atoms with E-state index in [-0.39, 0.29) is 17.7 Å². The lowest BCUT2D eigenvalue weighted by Gasteiger charge is -2.19. The molecule has 0 aliphatic rings. The van der Waals surface area contributed by atoms with E-state index in [9.17, 15) is 0 Å². The summed E-state index contributed by atoms with van der Waals surface area (Å²) in [4.78, 5) is 2.30. The molecule has 0 bridgehead atoms. The van der Waals surface area contributed by atoms with Gasteiger partial charge < -0.3 is 4.81 Å². The van der Waals surface area contributed by atoms with Crippen LogP contribution in [-0.4, -0.2) is 24.7 Å². The summed E-state index contributed by atoms with van der Waals surface area (Å²) in [6, 6.07) is 0. The molecule has 0 unspecified atom stereocenters. The molecule has 0 aromatic rings. The van der Waals surface area contributed by atoms with Gasteiger partial charge in [-0.15, -0.1) is 23.5 Å². The monoisotopic (exact) mass is 245 g/mol. The second-order valence-corrected chi connectivity index (χ2v) is 6.66. The molecule has 0 aliphatic heterocycles. The Kier molecular flexibility index (Phi) is 6.58. The van der Waals surface area contributed by atoms with E-state index in [1.165, 1.54) is 0 Å². The molecule has 0 fully saturated rings. The van der Waals surface area contributed by atoms with Crippen LogP contribution in [0.5, 0.6) is 0 Å². The quantitative estimate of drug-likeness (QED) is 0.543. The summed E-state index contributed by atoms with van der Waals surface area (Å²) in [5.41, 5.74) is 0.0730. The second kappa shape index (κ2) is 6.91. The highest BCUT2D eigenvalue weighted by Crippen LogP contribution is 2.11. The van der Waals surface area contributed by atoms with Crippen LogP contribution in [0.2, 0.25) is 0 Å². The number of rotatable bonds is 3. The molecule has 0 amide bonds. The molecule has 0 aromatic carbocycles. The van der Waals surface area contributed by atoms with Gasteiger partial charge in [0.2, 0.25) is 0 Å². The van der Waals surface area contributed by atoms with Gasteiger partial charge in [0.25, 0.3) is 0 Å². The van der Waals surface area contributed by atoms with Gasteiger partial charge in [-0.3, -0.25) is 0 Å². The Balaban J connectivity index is 5.16. The molecule has 1 nitrogen and oxygen atoms in total. The molecular weight excluding hydrogens is 217 g/mol. The Morgan fingerprint density at radius 2 is 1.11 bits per heavy atom. The Bertz CT molecular complexity index is 326. The van der Waals surface area contributed by atoms with Gasteiger partial charge in [0, 0.05) is 10.8 Å². The van der Waals surface area contributed by atoms with Crippen molar-refractivity contribution in [3.63, 3.8) is 0 Å². The minimum Gasteiger partial charge on any atom is -0.321 e. The van der Waals surface area contributed by atoms with Crippen LogP contribution in [0.3, 0.4) is 0 Å². The molecule has 0 spiro atoms. The van der Waals surface area contributed by atoms with Crippen LogP contribution in [0.15, 0.2) is 0 Å². The molecule has 0 radical (unpaired) electrons. The van der Waals surface area contributed by atoms with Crippen LogP contribution in [0.4, 0.5) is 0 Å². The van der Waals surface area contributed by atoms with Crippen molar-refractivity contribution in [2.75, 3.05) is 13.1 Å². The van der Waals surface area contributed by atoms with Crippen molar-refractivity contribution in [2.24, 2.45) is 10.8 Å². The number of nitrogens with zero attached hydrogens (tertiary/aromatic N) is 1. The maximum atomic E-state index is 3.34. The van der Waals surface area contributed by atoms with Gasteiger partial charge in [-0.05, 0) is 54.6 Å². The predicted octanol–water partition coefficient (Wildman–Crippen LogP) is 3.50. The third kappa shape index (κ3) is 8.27. The van der Waals surface area contributed by atoms with Crippen LogP contribution in [0.1, 0.15) is 55.4 Å². The summed E-state index contributed by atoms with van der Waals surface area (Å²) < 4.78 is 0. The second-order valence-electron chi connectivity index (χ2n) is 6.66. The lowest BCUT2D eigenvalue weighted by atomic mass is 9.61. The molecule has 0 atom stereocenters. The van der Waals surface area contributed by atoms with Gasteiger partial charge in [0.05, 0.1) is 0 Å². The highest BCUT2D eigenvalue weighted by atomic mass is 15.0. The lowest BCUT2D eigenvalue weighted by molar-refractivity contribution is 0.491. The van der Waals surface area contributed by atoms with Crippen molar-refractivity contribution in [1.29, 1.82) is 0 Å². The molecule has 0 rings (SSSR count). The molecule has 0 saturated heterocycles. The topological polar surface area (TPSA) is 3.24 Å². The summed E-state index contributed by atoms with van der Waals surface area (Å²) in [6.07, 6.45) is 0. The van der Waals surface area contributed by atoms with Crippen molar-refractivity contribution in [1.82, 2.24) is 4.81 Å². The van der Waals surface area contributed by atoms with Gasteiger partial charge in [0.15, 0.2) is 0 Å². The molecule has 100 valence electrons. The SMILES string of the molecule is CCN(CC)B(C#CC(C)(C)C)C#CC(C)(C)C. The van der Waals surface area contributed by atoms with Gasteiger partial charge in [-0.2, -0.15) is 0 Å².